The second-order valence-corrected chi connectivity index (χ2v) is 9.13. The molecule has 5 nitrogen and oxygen atoms in total. The molecule has 3 aromatic rings. The number of carbonyl (C=O) groups excluding carboxylic acids is 1. The summed E-state index contributed by atoms with van der Waals surface area (Å²) in [5, 5.41) is 3.80. The number of hydrogen-bond donors (Lipinski definition) is 1. The molecule has 3 aliphatic rings. The summed E-state index contributed by atoms with van der Waals surface area (Å²) in [6.45, 7) is 2.35. The average molecular weight is 456 g/mol. The quantitative estimate of drug-likeness (QED) is 0.649. The minimum absolute atomic E-state index is 0.108. The topological polar surface area (TPSA) is 64.0 Å². The molecular formula is C22H19BrFN3O2. The summed E-state index contributed by atoms with van der Waals surface area (Å²) in [7, 11) is 0. The number of aromatic nitrogens is 2. The summed E-state index contributed by atoms with van der Waals surface area (Å²) < 4.78 is 15.5. The standard InChI is InChI=1S/C22H19BrFN3O2/c1-12-15-8-22(12,9-15)26-20(28)18-7-14-6-16(23)10-25-19(14)27(21(18)29)11-13-2-4-17(24)5-3-13/h2-7,10,12,15H,8-9,11H2,1H3,(H,26,28)/t12-,15?,22?/m1/s1. The highest BCUT2D eigenvalue weighted by Gasteiger charge is 2.63. The van der Waals surface area contributed by atoms with E-state index < -0.39 is 5.56 Å². The highest BCUT2D eigenvalue weighted by molar-refractivity contribution is 9.10. The van der Waals surface area contributed by atoms with E-state index in [9.17, 15) is 14.0 Å². The largest absolute Gasteiger partial charge is 0.346 e. The van der Waals surface area contributed by atoms with Crippen LogP contribution in [0, 0.1) is 17.7 Å². The lowest BCUT2D eigenvalue weighted by Crippen LogP contribution is -2.74. The maximum absolute atomic E-state index is 13.3. The molecule has 1 N–H and O–H groups in total. The van der Waals surface area contributed by atoms with E-state index in [4.69, 9.17) is 0 Å². The van der Waals surface area contributed by atoms with Gasteiger partial charge in [-0.1, -0.05) is 19.1 Å². The van der Waals surface area contributed by atoms with Crippen LogP contribution in [-0.4, -0.2) is 21.0 Å². The summed E-state index contributed by atoms with van der Waals surface area (Å²) in [6.07, 6.45) is 3.60. The summed E-state index contributed by atoms with van der Waals surface area (Å²) in [4.78, 5) is 30.6. The molecule has 0 aliphatic heterocycles. The summed E-state index contributed by atoms with van der Waals surface area (Å²) >= 11 is 3.40. The number of benzene rings is 1. The first-order chi connectivity index (χ1) is 13.9. The summed E-state index contributed by atoms with van der Waals surface area (Å²) in [5.74, 6) is 0.481. The van der Waals surface area contributed by atoms with Gasteiger partial charge < -0.3 is 5.32 Å². The summed E-state index contributed by atoms with van der Waals surface area (Å²) in [6, 6.07) is 9.41. The van der Waals surface area contributed by atoms with Crippen LogP contribution >= 0.6 is 15.9 Å². The number of carbonyl (C=O) groups is 1. The maximum atomic E-state index is 13.3. The van der Waals surface area contributed by atoms with Crippen LogP contribution in [0.25, 0.3) is 11.0 Å². The van der Waals surface area contributed by atoms with Gasteiger partial charge in [-0.25, -0.2) is 9.37 Å². The number of nitrogens with zero attached hydrogens (tertiary/aromatic N) is 2. The number of halogens is 2. The SMILES string of the molecule is C[C@@H]1C2CC1(NC(=O)c1cc3cc(Br)cnc3n(Cc3ccc(F)cc3)c1=O)C2. The number of nitrogens with one attached hydrogen (secondary N) is 1. The van der Waals surface area contributed by atoms with Crippen molar-refractivity contribution in [1.29, 1.82) is 0 Å². The zero-order valence-corrected chi connectivity index (χ0v) is 17.4. The molecule has 3 aliphatic carbocycles. The first-order valence-electron chi connectivity index (χ1n) is 9.62. The van der Waals surface area contributed by atoms with E-state index in [0.29, 0.717) is 22.9 Å². The van der Waals surface area contributed by atoms with Gasteiger partial charge in [0.1, 0.15) is 17.0 Å². The summed E-state index contributed by atoms with van der Waals surface area (Å²) in [5.41, 5.74) is 0.799. The molecular weight excluding hydrogens is 437 g/mol. The van der Waals surface area contributed by atoms with Crippen molar-refractivity contribution in [3.05, 3.63) is 74.4 Å². The van der Waals surface area contributed by atoms with E-state index in [1.165, 1.54) is 16.7 Å². The van der Waals surface area contributed by atoms with Crippen LogP contribution in [0.5, 0.6) is 0 Å². The van der Waals surface area contributed by atoms with Gasteiger partial charge in [0, 0.05) is 21.6 Å². The second-order valence-electron chi connectivity index (χ2n) is 8.21. The molecule has 2 bridgehead atoms. The molecule has 0 saturated heterocycles. The molecule has 2 heterocycles. The van der Waals surface area contributed by atoms with Crippen LogP contribution in [0.15, 0.2) is 51.9 Å². The smallest absolute Gasteiger partial charge is 0.265 e. The lowest BCUT2D eigenvalue weighted by Gasteiger charge is -2.67. The Morgan fingerprint density at radius 3 is 2.66 bits per heavy atom. The third-order valence-corrected chi connectivity index (χ3v) is 7.02. The van der Waals surface area contributed by atoms with Gasteiger partial charge in [0.2, 0.25) is 0 Å². The Hall–Kier alpha value is -2.54. The Labute approximate surface area is 175 Å². The number of rotatable bonds is 4. The molecule has 6 rings (SSSR count). The normalized spacial score (nSPS) is 24.7. The van der Waals surface area contributed by atoms with Crippen molar-refractivity contribution in [1.82, 2.24) is 14.9 Å². The minimum atomic E-state index is -0.395. The molecule has 29 heavy (non-hydrogen) atoms. The Kier molecular flexibility index (Phi) is 4.13. The van der Waals surface area contributed by atoms with E-state index in [0.717, 1.165) is 22.9 Å². The molecule has 0 radical (unpaired) electrons. The fourth-order valence-corrected chi connectivity index (χ4v) is 4.91. The van der Waals surface area contributed by atoms with E-state index >= 15 is 0 Å². The fraction of sp³-hybridized carbons (Fsp3) is 0.318. The van der Waals surface area contributed by atoms with Gasteiger partial charge in [0.15, 0.2) is 0 Å². The lowest BCUT2D eigenvalue weighted by atomic mass is 9.43. The van der Waals surface area contributed by atoms with E-state index in [1.807, 2.05) is 6.07 Å². The van der Waals surface area contributed by atoms with Gasteiger partial charge >= 0.3 is 0 Å². The van der Waals surface area contributed by atoms with Crippen molar-refractivity contribution < 1.29 is 9.18 Å². The predicted octanol–water partition coefficient (Wildman–Crippen LogP) is 3.87. The van der Waals surface area contributed by atoms with Crippen molar-refractivity contribution in [2.75, 3.05) is 0 Å². The first kappa shape index (κ1) is 18.5. The highest BCUT2D eigenvalue weighted by atomic mass is 79.9. The first-order valence-corrected chi connectivity index (χ1v) is 10.4. The second kappa shape index (κ2) is 6.49. The molecule has 1 aromatic carbocycles. The number of fused-ring (bicyclic) bond motifs is 1. The Morgan fingerprint density at radius 1 is 1.31 bits per heavy atom. The monoisotopic (exact) mass is 455 g/mol. The van der Waals surface area contributed by atoms with Gasteiger partial charge in [-0.2, -0.15) is 0 Å². The molecule has 1 amide bonds. The van der Waals surface area contributed by atoms with E-state index in [-0.39, 0.29) is 29.4 Å². The zero-order chi connectivity index (χ0) is 20.3. The number of amides is 1. The Balaban J connectivity index is 1.58. The molecule has 2 aromatic heterocycles. The van der Waals surface area contributed by atoms with Gasteiger partial charge in [-0.15, -0.1) is 0 Å². The van der Waals surface area contributed by atoms with Crippen molar-refractivity contribution >= 4 is 32.9 Å². The van der Waals surface area contributed by atoms with Crippen molar-refractivity contribution in [2.24, 2.45) is 11.8 Å². The van der Waals surface area contributed by atoms with Crippen LogP contribution < -0.4 is 10.9 Å². The molecule has 0 spiro atoms. The van der Waals surface area contributed by atoms with Crippen molar-refractivity contribution in [3.63, 3.8) is 0 Å². The van der Waals surface area contributed by atoms with Crippen LogP contribution in [0.2, 0.25) is 0 Å². The Bertz CT molecular complexity index is 1200. The van der Waals surface area contributed by atoms with Gasteiger partial charge in [-0.3, -0.25) is 14.2 Å². The minimum Gasteiger partial charge on any atom is -0.346 e. The number of pyridine rings is 2. The fourth-order valence-electron chi connectivity index (χ4n) is 4.56. The number of hydrogen-bond acceptors (Lipinski definition) is 3. The maximum Gasteiger partial charge on any atom is 0.265 e. The van der Waals surface area contributed by atoms with E-state index in [2.05, 4.69) is 33.2 Å². The van der Waals surface area contributed by atoms with Crippen molar-refractivity contribution in [3.8, 4) is 0 Å². The molecule has 7 heteroatoms. The average Bonchev–Trinajstić information content (AvgIpc) is 2.68. The van der Waals surface area contributed by atoms with E-state index in [1.54, 1.807) is 24.4 Å². The predicted molar refractivity (Wildman–Crippen MR) is 111 cm³/mol. The molecule has 1 atom stereocenters. The van der Waals surface area contributed by atoms with Gasteiger partial charge in [0.25, 0.3) is 11.5 Å². The molecule has 148 valence electrons. The van der Waals surface area contributed by atoms with Crippen LogP contribution in [0.3, 0.4) is 0 Å². The Morgan fingerprint density at radius 2 is 2.03 bits per heavy atom. The van der Waals surface area contributed by atoms with Crippen molar-refractivity contribution in [2.45, 2.75) is 31.8 Å². The third kappa shape index (κ3) is 2.90. The van der Waals surface area contributed by atoms with Gasteiger partial charge in [0.05, 0.1) is 6.54 Å². The van der Waals surface area contributed by atoms with Gasteiger partial charge in [-0.05, 0) is 70.4 Å². The highest BCUT2D eigenvalue weighted by Crippen LogP contribution is 2.61. The molecule has 0 unspecified atom stereocenters. The van der Waals surface area contributed by atoms with Crippen LogP contribution in [0.1, 0.15) is 35.7 Å². The van der Waals surface area contributed by atoms with Crippen LogP contribution in [0.4, 0.5) is 4.39 Å². The third-order valence-electron chi connectivity index (χ3n) is 6.59. The molecule has 3 fully saturated rings. The molecule has 3 saturated carbocycles. The van der Waals surface area contributed by atoms with Crippen LogP contribution in [-0.2, 0) is 6.54 Å². The zero-order valence-electron chi connectivity index (χ0n) is 15.8. The lowest BCUT2D eigenvalue weighted by molar-refractivity contribution is -0.118.